The number of benzene rings is 4. The number of aromatic nitrogens is 2. The van der Waals surface area contributed by atoms with Crippen molar-refractivity contribution in [2.45, 2.75) is 0 Å². The van der Waals surface area contributed by atoms with Crippen molar-refractivity contribution in [3.8, 4) is 22.5 Å². The first-order chi connectivity index (χ1) is 14.3. The zero-order chi connectivity index (χ0) is 19.4. The number of nitrogens with zero attached hydrogens (tertiary/aromatic N) is 2. The summed E-state index contributed by atoms with van der Waals surface area (Å²) in [6.07, 6.45) is 0. The van der Waals surface area contributed by atoms with Crippen molar-refractivity contribution in [1.82, 2.24) is 9.38 Å². The molecule has 0 atom stereocenters. The maximum Gasteiger partial charge on any atom is 0.281 e. The van der Waals surface area contributed by atoms with Crippen molar-refractivity contribution in [2.75, 3.05) is 0 Å². The van der Waals surface area contributed by atoms with Crippen LogP contribution in [0.1, 0.15) is 0 Å². The van der Waals surface area contributed by atoms with Gasteiger partial charge in [0, 0.05) is 16.3 Å². The molecule has 29 heavy (non-hydrogen) atoms. The van der Waals surface area contributed by atoms with Crippen LogP contribution >= 0.6 is 0 Å². The zero-order valence-electron chi connectivity index (χ0n) is 15.5. The average Bonchev–Trinajstić information content (AvgIpc) is 3.12. The minimum absolute atomic E-state index is 0.187. The second-order valence-corrected chi connectivity index (χ2v) is 7.24. The van der Waals surface area contributed by atoms with Crippen LogP contribution in [-0.2, 0) is 0 Å². The molecule has 3 nitrogen and oxygen atoms in total. The Hall–Kier alpha value is -3.98. The molecule has 0 aliphatic heterocycles. The van der Waals surface area contributed by atoms with Crippen LogP contribution in [0.25, 0.3) is 49.7 Å². The molecule has 3 heteroatoms. The Morgan fingerprint density at radius 3 is 2.03 bits per heavy atom. The van der Waals surface area contributed by atoms with E-state index in [0.29, 0.717) is 11.2 Å². The molecule has 6 rings (SSSR count). The van der Waals surface area contributed by atoms with E-state index >= 15 is 0 Å². The van der Waals surface area contributed by atoms with Crippen LogP contribution in [0.2, 0.25) is 0 Å². The molecule has 0 fully saturated rings. The molecule has 0 spiro atoms. The van der Waals surface area contributed by atoms with Gasteiger partial charge in [0.1, 0.15) is 5.82 Å². The molecule has 0 radical (unpaired) electrons. The summed E-state index contributed by atoms with van der Waals surface area (Å²) in [7, 11) is 0. The normalized spacial score (nSPS) is 11.6. The lowest BCUT2D eigenvalue weighted by Gasteiger charge is -2.08. The molecule has 136 valence electrons. The van der Waals surface area contributed by atoms with E-state index in [1.807, 2.05) is 60.7 Å². The van der Waals surface area contributed by atoms with Gasteiger partial charge in [0.2, 0.25) is 0 Å². The van der Waals surface area contributed by atoms with Gasteiger partial charge in [0.05, 0.1) is 16.4 Å². The van der Waals surface area contributed by atoms with E-state index in [4.69, 9.17) is 0 Å². The summed E-state index contributed by atoms with van der Waals surface area (Å²) in [6.45, 7) is 0. The summed E-state index contributed by atoms with van der Waals surface area (Å²) < 4.78 is 2.13. The van der Waals surface area contributed by atoms with E-state index in [2.05, 4.69) is 45.8 Å². The zero-order valence-corrected chi connectivity index (χ0v) is 15.5. The van der Waals surface area contributed by atoms with Crippen LogP contribution < -0.4 is 5.56 Å². The minimum atomic E-state index is -0.187. The lowest BCUT2D eigenvalue weighted by atomic mass is 10.0. The van der Waals surface area contributed by atoms with Crippen LogP contribution in [0, 0.1) is 0 Å². The summed E-state index contributed by atoms with van der Waals surface area (Å²) in [5.74, 6) is 0.682. The Labute approximate surface area is 166 Å². The number of hydrogen-bond donors (Lipinski definition) is 0. The van der Waals surface area contributed by atoms with Crippen LogP contribution in [0.3, 0.4) is 0 Å². The van der Waals surface area contributed by atoms with Gasteiger partial charge in [-0.3, -0.25) is 9.20 Å². The first kappa shape index (κ1) is 16.0. The van der Waals surface area contributed by atoms with Crippen LogP contribution in [0.4, 0.5) is 0 Å². The maximum atomic E-state index is 12.8. The molecule has 6 aromatic rings. The van der Waals surface area contributed by atoms with Gasteiger partial charge in [0.15, 0.2) is 0 Å². The minimum Gasteiger partial charge on any atom is -0.292 e. The smallest absolute Gasteiger partial charge is 0.281 e. The fraction of sp³-hybridized carbons (Fsp3) is 0. The molecular weight excluding hydrogens is 356 g/mol. The fourth-order valence-electron chi connectivity index (χ4n) is 4.26. The highest BCUT2D eigenvalue weighted by Gasteiger charge is 2.18. The highest BCUT2D eigenvalue weighted by atomic mass is 16.1. The Morgan fingerprint density at radius 2 is 1.28 bits per heavy atom. The van der Waals surface area contributed by atoms with Crippen LogP contribution in [-0.4, -0.2) is 9.38 Å². The number of para-hydroxylation sites is 1. The summed E-state index contributed by atoms with van der Waals surface area (Å²) in [5, 5.41) is 2.85. The topological polar surface area (TPSA) is 34.4 Å². The van der Waals surface area contributed by atoms with Crippen LogP contribution in [0.5, 0.6) is 0 Å². The largest absolute Gasteiger partial charge is 0.292 e. The summed E-state index contributed by atoms with van der Waals surface area (Å²) in [5.41, 5.74) is 5.07. The summed E-state index contributed by atoms with van der Waals surface area (Å²) in [6, 6.07) is 32.6. The first-order valence-electron chi connectivity index (χ1n) is 9.63. The van der Waals surface area contributed by atoms with Gasteiger partial charge in [-0.15, -0.1) is 0 Å². The van der Waals surface area contributed by atoms with E-state index < -0.39 is 0 Å². The predicted octanol–water partition coefficient (Wildman–Crippen LogP) is 5.77. The summed E-state index contributed by atoms with van der Waals surface area (Å²) in [4.78, 5) is 17.3. The van der Waals surface area contributed by atoms with Crippen molar-refractivity contribution in [2.24, 2.45) is 0 Å². The van der Waals surface area contributed by atoms with Gasteiger partial charge >= 0.3 is 0 Å². The Bertz CT molecular complexity index is 1550. The molecule has 0 aliphatic rings. The van der Waals surface area contributed by atoms with Crippen molar-refractivity contribution in [3.63, 3.8) is 0 Å². The molecule has 0 saturated heterocycles. The molecule has 2 heterocycles. The predicted molar refractivity (Wildman–Crippen MR) is 119 cm³/mol. The lowest BCUT2D eigenvalue weighted by molar-refractivity contribution is 1.12. The molecule has 0 N–H and O–H groups in total. The van der Waals surface area contributed by atoms with Crippen molar-refractivity contribution in [1.29, 1.82) is 0 Å². The van der Waals surface area contributed by atoms with Gasteiger partial charge in [0.25, 0.3) is 5.56 Å². The first-order valence-corrected chi connectivity index (χ1v) is 9.63. The second-order valence-electron chi connectivity index (χ2n) is 7.24. The third kappa shape index (κ3) is 2.31. The van der Waals surface area contributed by atoms with Crippen molar-refractivity contribution >= 4 is 27.2 Å². The van der Waals surface area contributed by atoms with Crippen molar-refractivity contribution < 1.29 is 0 Å². The molecule has 0 aliphatic carbocycles. The molecule has 0 bridgehead atoms. The lowest BCUT2D eigenvalue weighted by Crippen LogP contribution is -2.11. The monoisotopic (exact) mass is 372 g/mol. The molecule has 2 aromatic heterocycles. The third-order valence-electron chi connectivity index (χ3n) is 5.58. The molecule has 0 amide bonds. The Morgan fingerprint density at radius 1 is 0.586 bits per heavy atom. The number of rotatable bonds is 2. The molecule has 0 unspecified atom stereocenters. The Kier molecular flexibility index (Phi) is 3.32. The molecular formula is C26H16N2O. The molecule has 4 aromatic carbocycles. The number of fused-ring (bicyclic) bond motifs is 3. The molecule has 0 saturated carbocycles. The van der Waals surface area contributed by atoms with E-state index in [1.165, 1.54) is 5.56 Å². The second kappa shape index (κ2) is 6.01. The highest BCUT2D eigenvalue weighted by molar-refractivity contribution is 6.15. The van der Waals surface area contributed by atoms with Gasteiger partial charge in [-0.05, 0) is 29.3 Å². The van der Waals surface area contributed by atoms with E-state index in [0.717, 1.165) is 32.9 Å². The standard InChI is InChI=1S/C26H16N2O/c29-26-21-13-7-12-20-22-16-19(17-8-3-1-4-9-17)14-15-23(22)28(24(20)21)25(27-26)18-10-5-2-6-11-18/h1-16H. The Balaban J connectivity index is 1.79. The number of hydrogen-bond acceptors (Lipinski definition) is 2. The van der Waals surface area contributed by atoms with Gasteiger partial charge < -0.3 is 0 Å². The van der Waals surface area contributed by atoms with E-state index in [-0.39, 0.29) is 5.56 Å². The van der Waals surface area contributed by atoms with Gasteiger partial charge in [-0.2, -0.15) is 4.98 Å². The van der Waals surface area contributed by atoms with E-state index in [9.17, 15) is 4.79 Å². The van der Waals surface area contributed by atoms with Gasteiger partial charge in [-0.25, -0.2) is 0 Å². The van der Waals surface area contributed by atoms with E-state index in [1.54, 1.807) is 0 Å². The average molecular weight is 372 g/mol. The van der Waals surface area contributed by atoms with Crippen molar-refractivity contribution in [3.05, 3.63) is 107 Å². The third-order valence-corrected chi connectivity index (χ3v) is 5.58. The fourth-order valence-corrected chi connectivity index (χ4v) is 4.26. The quantitative estimate of drug-likeness (QED) is 0.386. The SMILES string of the molecule is O=c1nc(-c2ccccc2)n2c3ccc(-c4ccccc4)cc3c3cccc1c32. The van der Waals surface area contributed by atoms with Gasteiger partial charge in [-0.1, -0.05) is 78.9 Å². The van der Waals surface area contributed by atoms with Crippen LogP contribution in [0.15, 0.2) is 102 Å². The highest BCUT2D eigenvalue weighted by Crippen LogP contribution is 2.35. The maximum absolute atomic E-state index is 12.8. The summed E-state index contributed by atoms with van der Waals surface area (Å²) >= 11 is 0.